The number of hydrogen-bond acceptors (Lipinski definition) is 5. The summed E-state index contributed by atoms with van der Waals surface area (Å²) in [5.41, 5.74) is 6.09. The SMILES string of the molecule is CC(CS(C)(=O)=O)Nc1ncc(N)cc1Br. The van der Waals surface area contributed by atoms with E-state index < -0.39 is 9.84 Å². The minimum atomic E-state index is -2.99. The first kappa shape index (κ1) is 13.2. The molecule has 90 valence electrons. The average Bonchev–Trinajstić information content (AvgIpc) is 2.06. The van der Waals surface area contributed by atoms with Crippen molar-refractivity contribution in [2.45, 2.75) is 13.0 Å². The normalized spacial score (nSPS) is 13.4. The Morgan fingerprint density at radius 3 is 2.75 bits per heavy atom. The molecule has 0 saturated heterocycles. The van der Waals surface area contributed by atoms with Crippen molar-refractivity contribution in [2.75, 3.05) is 23.1 Å². The summed E-state index contributed by atoms with van der Waals surface area (Å²) in [5, 5.41) is 3.00. The zero-order chi connectivity index (χ0) is 12.3. The molecule has 0 spiro atoms. The Morgan fingerprint density at radius 1 is 1.62 bits per heavy atom. The van der Waals surface area contributed by atoms with Crippen LogP contribution in [0.5, 0.6) is 0 Å². The van der Waals surface area contributed by atoms with Crippen molar-refractivity contribution < 1.29 is 8.42 Å². The van der Waals surface area contributed by atoms with Gasteiger partial charge in [-0.1, -0.05) is 0 Å². The lowest BCUT2D eigenvalue weighted by atomic mass is 10.3. The Labute approximate surface area is 103 Å². The maximum atomic E-state index is 11.1. The highest BCUT2D eigenvalue weighted by Crippen LogP contribution is 2.22. The quantitative estimate of drug-likeness (QED) is 0.875. The molecule has 7 heteroatoms. The first-order valence-corrected chi connectivity index (χ1v) is 7.48. The number of nitrogens with one attached hydrogen (secondary N) is 1. The number of halogens is 1. The van der Waals surface area contributed by atoms with Crippen molar-refractivity contribution in [3.05, 3.63) is 16.7 Å². The van der Waals surface area contributed by atoms with E-state index in [2.05, 4.69) is 26.2 Å². The molecule has 16 heavy (non-hydrogen) atoms. The first-order valence-electron chi connectivity index (χ1n) is 4.63. The maximum absolute atomic E-state index is 11.1. The summed E-state index contributed by atoms with van der Waals surface area (Å²) in [7, 11) is -2.99. The molecule has 0 aliphatic heterocycles. The van der Waals surface area contributed by atoms with Gasteiger partial charge in [-0.05, 0) is 28.9 Å². The molecular weight excluding hydrogens is 294 g/mol. The maximum Gasteiger partial charge on any atom is 0.149 e. The third-order valence-electron chi connectivity index (χ3n) is 1.80. The summed E-state index contributed by atoms with van der Waals surface area (Å²) < 4.78 is 22.9. The Morgan fingerprint density at radius 2 is 2.25 bits per heavy atom. The average molecular weight is 308 g/mol. The van der Waals surface area contributed by atoms with Crippen LogP contribution >= 0.6 is 15.9 Å². The lowest BCUT2D eigenvalue weighted by Gasteiger charge is -2.14. The second-order valence-electron chi connectivity index (χ2n) is 3.74. The number of rotatable bonds is 4. The lowest BCUT2D eigenvalue weighted by molar-refractivity contribution is 0.598. The summed E-state index contributed by atoms with van der Waals surface area (Å²) in [6, 6.07) is 1.50. The molecule has 0 amide bonds. The molecule has 1 atom stereocenters. The molecule has 1 unspecified atom stereocenters. The highest BCUT2D eigenvalue weighted by Gasteiger charge is 2.12. The molecule has 0 aromatic carbocycles. The number of sulfone groups is 1. The van der Waals surface area contributed by atoms with Crippen LogP contribution in [-0.4, -0.2) is 31.5 Å². The molecular formula is C9H14BrN3O2S. The summed E-state index contributed by atoms with van der Waals surface area (Å²) in [5.74, 6) is 0.649. The molecule has 0 radical (unpaired) electrons. The molecule has 0 fully saturated rings. The molecule has 0 saturated carbocycles. The van der Waals surface area contributed by atoms with E-state index in [1.165, 1.54) is 12.5 Å². The minimum Gasteiger partial charge on any atom is -0.397 e. The number of hydrogen-bond donors (Lipinski definition) is 2. The molecule has 5 nitrogen and oxygen atoms in total. The van der Waals surface area contributed by atoms with Gasteiger partial charge in [0.2, 0.25) is 0 Å². The molecule has 0 bridgehead atoms. The fraction of sp³-hybridized carbons (Fsp3) is 0.444. The third-order valence-corrected chi connectivity index (χ3v) is 3.51. The summed E-state index contributed by atoms with van der Waals surface area (Å²) in [4.78, 5) is 4.07. The smallest absolute Gasteiger partial charge is 0.149 e. The van der Waals surface area contributed by atoms with Crippen LogP contribution in [0.25, 0.3) is 0 Å². The van der Waals surface area contributed by atoms with Gasteiger partial charge in [0.25, 0.3) is 0 Å². The molecule has 1 heterocycles. The Balaban J connectivity index is 2.73. The number of aromatic nitrogens is 1. The van der Waals surface area contributed by atoms with Crippen molar-refractivity contribution in [3.8, 4) is 0 Å². The zero-order valence-electron chi connectivity index (χ0n) is 9.07. The predicted octanol–water partition coefficient (Wildman–Crippen LogP) is 1.27. The largest absolute Gasteiger partial charge is 0.397 e. The third kappa shape index (κ3) is 4.36. The van der Waals surface area contributed by atoms with Crippen LogP contribution in [0.2, 0.25) is 0 Å². The van der Waals surface area contributed by atoms with E-state index in [-0.39, 0.29) is 11.8 Å². The van der Waals surface area contributed by atoms with Gasteiger partial charge in [-0.25, -0.2) is 13.4 Å². The van der Waals surface area contributed by atoms with Crippen LogP contribution < -0.4 is 11.1 Å². The van der Waals surface area contributed by atoms with Crippen LogP contribution in [0.3, 0.4) is 0 Å². The van der Waals surface area contributed by atoms with Gasteiger partial charge >= 0.3 is 0 Å². The molecule has 1 aromatic rings. The minimum absolute atomic E-state index is 0.0610. The fourth-order valence-corrected chi connectivity index (χ4v) is 2.76. The van der Waals surface area contributed by atoms with Crippen LogP contribution in [0.15, 0.2) is 16.7 Å². The van der Waals surface area contributed by atoms with Gasteiger partial charge in [-0.15, -0.1) is 0 Å². The second kappa shape index (κ2) is 5.01. The summed E-state index contributed by atoms with van der Waals surface area (Å²) >= 11 is 3.30. The second-order valence-corrected chi connectivity index (χ2v) is 6.78. The van der Waals surface area contributed by atoms with Crippen LogP contribution in [0.1, 0.15) is 6.92 Å². The highest BCUT2D eigenvalue weighted by atomic mass is 79.9. The lowest BCUT2D eigenvalue weighted by Crippen LogP contribution is -2.25. The van der Waals surface area contributed by atoms with Gasteiger partial charge in [-0.2, -0.15) is 0 Å². The Kier molecular flexibility index (Phi) is 4.15. The van der Waals surface area contributed by atoms with Crippen LogP contribution in [-0.2, 0) is 9.84 Å². The highest BCUT2D eigenvalue weighted by molar-refractivity contribution is 9.10. The van der Waals surface area contributed by atoms with Crippen molar-refractivity contribution in [1.29, 1.82) is 0 Å². The molecule has 3 N–H and O–H groups in total. The van der Waals surface area contributed by atoms with Gasteiger partial charge in [-0.3, -0.25) is 0 Å². The van der Waals surface area contributed by atoms with E-state index >= 15 is 0 Å². The standard InChI is InChI=1S/C9H14BrN3O2S/c1-6(5-16(2,14)15)13-9-8(10)3-7(11)4-12-9/h3-4,6H,5,11H2,1-2H3,(H,12,13). The van der Waals surface area contributed by atoms with Crippen molar-refractivity contribution in [3.63, 3.8) is 0 Å². The van der Waals surface area contributed by atoms with Gasteiger partial charge in [0.15, 0.2) is 0 Å². The van der Waals surface area contributed by atoms with E-state index in [9.17, 15) is 8.42 Å². The number of nitrogens with zero attached hydrogens (tertiary/aromatic N) is 1. The first-order chi connectivity index (χ1) is 7.28. The summed E-state index contributed by atoms with van der Waals surface area (Å²) in [6.07, 6.45) is 2.72. The molecule has 1 rings (SSSR count). The zero-order valence-corrected chi connectivity index (χ0v) is 11.5. The van der Waals surface area contributed by atoms with E-state index in [4.69, 9.17) is 5.73 Å². The summed E-state index contributed by atoms with van der Waals surface area (Å²) in [6.45, 7) is 1.78. The topological polar surface area (TPSA) is 85.1 Å². The number of anilines is 2. The van der Waals surface area contributed by atoms with E-state index in [0.717, 1.165) is 0 Å². The van der Waals surface area contributed by atoms with Crippen LogP contribution in [0.4, 0.5) is 11.5 Å². The van der Waals surface area contributed by atoms with E-state index in [1.807, 2.05) is 0 Å². The van der Waals surface area contributed by atoms with E-state index in [0.29, 0.717) is 16.0 Å². The van der Waals surface area contributed by atoms with E-state index in [1.54, 1.807) is 13.0 Å². The molecule has 0 aliphatic rings. The molecule has 0 aliphatic carbocycles. The Bertz CT molecular complexity index is 476. The van der Waals surface area contributed by atoms with Gasteiger partial charge < -0.3 is 11.1 Å². The monoisotopic (exact) mass is 307 g/mol. The fourth-order valence-electron chi connectivity index (χ4n) is 1.29. The van der Waals surface area contributed by atoms with Crippen molar-refractivity contribution in [1.82, 2.24) is 4.98 Å². The van der Waals surface area contributed by atoms with Crippen LogP contribution in [0, 0.1) is 0 Å². The van der Waals surface area contributed by atoms with Crippen molar-refractivity contribution in [2.24, 2.45) is 0 Å². The number of nitrogen functional groups attached to an aromatic ring is 1. The van der Waals surface area contributed by atoms with Crippen molar-refractivity contribution >= 4 is 37.3 Å². The Hall–Kier alpha value is -0.820. The van der Waals surface area contributed by atoms with Gasteiger partial charge in [0, 0.05) is 12.3 Å². The number of pyridine rings is 1. The molecule has 1 aromatic heterocycles. The number of nitrogens with two attached hydrogens (primary N) is 1. The van der Waals surface area contributed by atoms with Gasteiger partial charge in [0.1, 0.15) is 15.7 Å². The predicted molar refractivity (Wildman–Crippen MR) is 69.1 cm³/mol. The van der Waals surface area contributed by atoms with Gasteiger partial charge in [0.05, 0.1) is 22.1 Å².